The van der Waals surface area contributed by atoms with E-state index in [-0.39, 0.29) is 69.2 Å². The Balaban J connectivity index is 1.32. The van der Waals surface area contributed by atoms with Crippen LogP contribution in [0.4, 0.5) is 0 Å². The van der Waals surface area contributed by atoms with E-state index < -0.39 is 17.1 Å². The van der Waals surface area contributed by atoms with Gasteiger partial charge in [-0.25, -0.2) is 0 Å². The number of ether oxygens (including phenoxy) is 1. The van der Waals surface area contributed by atoms with E-state index in [2.05, 4.69) is 39.9 Å². The number of ketones is 2. The van der Waals surface area contributed by atoms with E-state index in [1.54, 1.807) is 12.1 Å². The summed E-state index contributed by atoms with van der Waals surface area (Å²) in [5, 5.41) is 37.0. The standard InChI is InChI=1S/C42H61NO6/c1-24(18-30(45)36-37(2,3)49-36)33-28-14-15-32-40(6)20-27(25-12-11-13-26(44)19-25)35(47)39(5)17-10-9-16-38(4,48)23-43-29(34(39)40)21-42(32,8)41(28,7)22-31(33)46/h11-13,19,24,27,29-30,32,34,36,43-45,48H,9-10,14-18,20-23H2,1-8H3. The molecule has 2 aliphatic heterocycles. The van der Waals surface area contributed by atoms with Crippen molar-refractivity contribution >= 4 is 11.6 Å². The summed E-state index contributed by atoms with van der Waals surface area (Å²) in [5.41, 5.74) is 0.607. The lowest BCUT2D eigenvalue weighted by molar-refractivity contribution is -0.198. The van der Waals surface area contributed by atoms with Crippen LogP contribution in [0.5, 0.6) is 5.75 Å². The lowest BCUT2D eigenvalue weighted by Gasteiger charge is -2.71. The van der Waals surface area contributed by atoms with Gasteiger partial charge in [-0.1, -0.05) is 65.2 Å². The first-order valence-corrected chi connectivity index (χ1v) is 19.2. The van der Waals surface area contributed by atoms with Gasteiger partial charge in [0.1, 0.15) is 17.6 Å². The van der Waals surface area contributed by atoms with Gasteiger partial charge in [0.25, 0.3) is 0 Å². The number of phenols is 1. The van der Waals surface area contributed by atoms with Crippen LogP contribution < -0.4 is 5.32 Å². The normalized spacial score (nSPS) is 46.0. The molecule has 5 fully saturated rings. The van der Waals surface area contributed by atoms with E-state index >= 15 is 0 Å². The minimum atomic E-state index is -0.835. The van der Waals surface area contributed by atoms with Gasteiger partial charge in [-0.15, -0.1) is 0 Å². The molecule has 12 atom stereocenters. The highest BCUT2D eigenvalue weighted by Crippen LogP contribution is 2.75. The predicted molar refractivity (Wildman–Crippen MR) is 190 cm³/mol. The van der Waals surface area contributed by atoms with Crippen LogP contribution >= 0.6 is 0 Å². The third-order valence-corrected chi connectivity index (χ3v) is 15.5. The van der Waals surface area contributed by atoms with Crippen LogP contribution in [0.2, 0.25) is 0 Å². The molecule has 0 bridgehead atoms. The van der Waals surface area contributed by atoms with Gasteiger partial charge in [0.05, 0.1) is 17.3 Å². The number of aliphatic hydroxyl groups excluding tert-OH is 1. The molecule has 12 unspecified atom stereocenters. The van der Waals surface area contributed by atoms with Crippen molar-refractivity contribution in [2.75, 3.05) is 6.54 Å². The zero-order chi connectivity index (χ0) is 35.5. The van der Waals surface area contributed by atoms with Gasteiger partial charge < -0.3 is 25.4 Å². The fraction of sp³-hybridized carbons (Fsp3) is 0.762. The molecule has 0 aromatic heterocycles. The van der Waals surface area contributed by atoms with Crippen LogP contribution in [-0.4, -0.2) is 62.9 Å². The maximum atomic E-state index is 14.9. The molecule has 0 spiro atoms. The number of phenolic OH excluding ortho intramolecular Hbond substituents is 1. The van der Waals surface area contributed by atoms with Crippen LogP contribution in [0.25, 0.3) is 0 Å². The molecule has 1 aromatic rings. The lowest BCUT2D eigenvalue weighted by Crippen LogP contribution is -2.70. The van der Waals surface area contributed by atoms with Crippen LogP contribution in [0.1, 0.15) is 131 Å². The largest absolute Gasteiger partial charge is 0.508 e. The Bertz CT molecular complexity index is 1560. The Morgan fingerprint density at radius 3 is 2.39 bits per heavy atom. The fourth-order valence-corrected chi connectivity index (χ4v) is 13.1. The van der Waals surface area contributed by atoms with Crippen molar-refractivity contribution in [3.05, 3.63) is 41.0 Å². The number of epoxide rings is 1. The molecule has 4 aliphatic carbocycles. The number of β-amino-alcohol motifs (C(OH)–C–C–N with tert-alkyl or cyclic N) is 1. The SMILES string of the molecule is CC(CC(O)C1OC1(C)C)C1=C2CCC3C4(C)CC(c5cccc(O)c5)C(=O)C5(C)CCCCC(C)(O)CNC(CC3(C)C2(C)CC1=O)C54. The number of aromatic hydroxyl groups is 1. The van der Waals surface area contributed by atoms with E-state index in [0.717, 1.165) is 49.7 Å². The summed E-state index contributed by atoms with van der Waals surface area (Å²) in [7, 11) is 0. The van der Waals surface area contributed by atoms with E-state index in [1.807, 2.05) is 32.9 Å². The van der Waals surface area contributed by atoms with Crippen molar-refractivity contribution in [2.45, 2.75) is 155 Å². The van der Waals surface area contributed by atoms with Crippen LogP contribution in [-0.2, 0) is 14.3 Å². The first-order chi connectivity index (χ1) is 22.8. The lowest BCUT2D eigenvalue weighted by atomic mass is 9.34. The molecule has 0 radical (unpaired) electrons. The fourth-order valence-electron chi connectivity index (χ4n) is 13.1. The number of fused-ring (bicyclic) bond motifs is 4. The number of Topliss-reactive ketones (excluding diaryl/α,β-unsaturated/α-hetero) is 2. The minimum absolute atomic E-state index is 0.00118. The van der Waals surface area contributed by atoms with Crippen LogP contribution in [0, 0.1) is 39.4 Å². The smallest absolute Gasteiger partial charge is 0.159 e. The van der Waals surface area contributed by atoms with Crippen LogP contribution in [0.15, 0.2) is 35.4 Å². The monoisotopic (exact) mass is 675 g/mol. The van der Waals surface area contributed by atoms with Gasteiger partial charge in [-0.05, 0) is 118 Å². The Morgan fingerprint density at radius 1 is 1.02 bits per heavy atom. The zero-order valence-electron chi connectivity index (χ0n) is 31.2. The number of benzene rings is 1. The molecule has 2 saturated heterocycles. The molecule has 6 aliphatic rings. The average molecular weight is 676 g/mol. The highest BCUT2D eigenvalue weighted by molar-refractivity contribution is 6.00. The minimum Gasteiger partial charge on any atom is -0.508 e. The molecule has 270 valence electrons. The molecular weight excluding hydrogens is 614 g/mol. The quantitative estimate of drug-likeness (QED) is 0.248. The molecule has 7 heteroatoms. The number of hydrogen-bond acceptors (Lipinski definition) is 7. The third-order valence-electron chi connectivity index (χ3n) is 15.5. The second-order valence-electron chi connectivity index (χ2n) is 19.2. The van der Waals surface area contributed by atoms with Crippen molar-refractivity contribution in [3.63, 3.8) is 0 Å². The number of hydrogen-bond donors (Lipinski definition) is 4. The molecule has 7 nitrogen and oxygen atoms in total. The molecule has 2 heterocycles. The van der Waals surface area contributed by atoms with Crippen molar-refractivity contribution in [1.29, 1.82) is 0 Å². The van der Waals surface area contributed by atoms with Crippen molar-refractivity contribution < 1.29 is 29.6 Å². The zero-order valence-corrected chi connectivity index (χ0v) is 31.2. The third kappa shape index (κ3) is 5.34. The van der Waals surface area contributed by atoms with Crippen molar-refractivity contribution in [2.24, 2.45) is 39.4 Å². The van der Waals surface area contributed by atoms with Gasteiger partial charge >= 0.3 is 0 Å². The van der Waals surface area contributed by atoms with Gasteiger partial charge in [0.15, 0.2) is 5.78 Å². The maximum absolute atomic E-state index is 14.9. The van der Waals surface area contributed by atoms with Gasteiger partial charge in [-0.2, -0.15) is 0 Å². The maximum Gasteiger partial charge on any atom is 0.159 e. The highest BCUT2D eigenvalue weighted by Gasteiger charge is 2.72. The topological polar surface area (TPSA) is 119 Å². The van der Waals surface area contributed by atoms with Crippen molar-refractivity contribution in [3.8, 4) is 5.75 Å². The molecule has 7 rings (SSSR count). The van der Waals surface area contributed by atoms with Gasteiger partial charge in [0, 0.05) is 35.8 Å². The molecule has 49 heavy (non-hydrogen) atoms. The second-order valence-corrected chi connectivity index (χ2v) is 19.2. The average Bonchev–Trinajstić information content (AvgIpc) is 3.56. The molecule has 1 aromatic carbocycles. The summed E-state index contributed by atoms with van der Waals surface area (Å²) >= 11 is 0. The Labute approximate surface area is 293 Å². The number of rotatable bonds is 5. The Hall–Kier alpha value is -2.06. The van der Waals surface area contributed by atoms with Crippen LogP contribution in [0.3, 0.4) is 0 Å². The number of carbonyl (C=O) groups excluding carboxylic acids is 2. The summed E-state index contributed by atoms with van der Waals surface area (Å²) in [6.45, 7) is 18.0. The first-order valence-electron chi connectivity index (χ1n) is 19.2. The summed E-state index contributed by atoms with van der Waals surface area (Å²) < 4.78 is 5.77. The number of allylic oxidation sites excluding steroid dienone is 2. The molecular formula is C42H61NO6. The Kier molecular flexibility index (Phi) is 8.27. The summed E-state index contributed by atoms with van der Waals surface area (Å²) in [6, 6.07) is 7.34. The molecule has 3 saturated carbocycles. The number of aliphatic hydroxyl groups is 2. The van der Waals surface area contributed by atoms with E-state index in [1.165, 1.54) is 5.57 Å². The van der Waals surface area contributed by atoms with Gasteiger partial charge in [0.2, 0.25) is 0 Å². The number of carbonyl (C=O) groups is 2. The first kappa shape index (κ1) is 35.3. The second kappa shape index (κ2) is 11.5. The van der Waals surface area contributed by atoms with Gasteiger partial charge in [-0.3, -0.25) is 9.59 Å². The molecule has 4 N–H and O–H groups in total. The van der Waals surface area contributed by atoms with E-state index in [4.69, 9.17) is 4.74 Å². The highest BCUT2D eigenvalue weighted by atomic mass is 16.6. The predicted octanol–water partition coefficient (Wildman–Crippen LogP) is 7.02. The van der Waals surface area contributed by atoms with Crippen molar-refractivity contribution in [1.82, 2.24) is 5.32 Å². The molecule has 0 amide bonds. The summed E-state index contributed by atoms with van der Waals surface area (Å²) in [4.78, 5) is 29.2. The summed E-state index contributed by atoms with van der Waals surface area (Å²) in [6.07, 6.45) is 6.80. The Morgan fingerprint density at radius 2 is 1.71 bits per heavy atom. The van der Waals surface area contributed by atoms with E-state index in [9.17, 15) is 24.9 Å². The van der Waals surface area contributed by atoms with E-state index in [0.29, 0.717) is 38.0 Å². The summed E-state index contributed by atoms with van der Waals surface area (Å²) in [5.74, 6) is 0.699. The number of nitrogens with one attached hydrogen (secondary N) is 1.